The van der Waals surface area contributed by atoms with Gasteiger partial charge in [0.2, 0.25) is 0 Å². The molecule has 0 radical (unpaired) electrons. The van der Waals surface area contributed by atoms with Gasteiger partial charge >= 0.3 is 0 Å². The average molecular weight is 630 g/mol. The molecule has 0 aliphatic carbocycles. The van der Waals surface area contributed by atoms with Crippen molar-refractivity contribution in [1.29, 1.82) is 0 Å². The molecule has 7 heteroatoms. The van der Waals surface area contributed by atoms with Crippen molar-refractivity contribution in [3.63, 3.8) is 0 Å². The Morgan fingerprint density at radius 3 is 1.37 bits per heavy atom. The summed E-state index contributed by atoms with van der Waals surface area (Å²) in [4.78, 5) is 0. The minimum Gasteiger partial charge on any atom is -0.103 e. The fourth-order valence-corrected chi connectivity index (χ4v) is 102. The van der Waals surface area contributed by atoms with Crippen LogP contribution in [-0.4, -0.2) is 24.7 Å². The summed E-state index contributed by atoms with van der Waals surface area (Å²) in [5.74, 6) is 0. The number of hydrogen-bond donors (Lipinski definition) is 0. The van der Waals surface area contributed by atoms with Gasteiger partial charge in [-0.2, -0.15) is 0 Å². The molecular formula is C23H41IP6. The van der Waals surface area contributed by atoms with E-state index in [1.165, 1.54) is 6.16 Å². The van der Waals surface area contributed by atoms with Gasteiger partial charge in [-0.25, -0.2) is 0 Å². The zero-order valence-electron chi connectivity index (χ0n) is 21.1. The van der Waals surface area contributed by atoms with Crippen LogP contribution >= 0.6 is 66.0 Å². The smallest absolute Gasteiger partial charge is 0.0555 e. The first-order chi connectivity index (χ1) is 13.3. The van der Waals surface area contributed by atoms with E-state index in [-0.39, 0.29) is 43.9 Å². The molecular weight excluding hydrogens is 589 g/mol. The van der Waals surface area contributed by atoms with Gasteiger partial charge in [-0.3, -0.25) is 0 Å². The van der Waals surface area contributed by atoms with Crippen LogP contribution in [-0.2, 0) is 0 Å². The van der Waals surface area contributed by atoms with Crippen LogP contribution in [0.1, 0.15) is 83.1 Å². The molecule has 0 bridgehead atoms. The molecule has 5 saturated heterocycles. The minimum atomic E-state index is 0.0869. The van der Waals surface area contributed by atoms with Crippen molar-refractivity contribution in [1.82, 2.24) is 0 Å². The molecule has 0 spiro atoms. The summed E-state index contributed by atoms with van der Waals surface area (Å²) in [5.41, 5.74) is 1.95. The van der Waals surface area contributed by atoms with Crippen LogP contribution in [0.5, 0.6) is 0 Å². The third kappa shape index (κ3) is 1.88. The monoisotopic (exact) mass is 630 g/mol. The number of fused-ring (bicyclic) bond motifs is 2. The maximum absolute atomic E-state index is 4.36. The van der Waals surface area contributed by atoms with Crippen molar-refractivity contribution < 1.29 is 0 Å². The SMILES string of the molecule is C=CCP1P2C3(C(C)(C)C)P(I)P4C1(C(C)(C)C)P1C2(C(C)(C)C)P3C41C(C)(C)C. The van der Waals surface area contributed by atoms with Gasteiger partial charge in [0.25, 0.3) is 0 Å². The van der Waals surface area contributed by atoms with Crippen molar-refractivity contribution in [2.75, 3.05) is 6.16 Å². The fourth-order valence-electron chi connectivity index (χ4n) is 7.90. The van der Waals surface area contributed by atoms with Crippen molar-refractivity contribution in [2.24, 2.45) is 21.7 Å². The first kappa shape index (κ1) is 24.7. The van der Waals surface area contributed by atoms with Crippen LogP contribution in [0.15, 0.2) is 12.7 Å². The second kappa shape index (κ2) is 6.12. The third-order valence-electron chi connectivity index (χ3n) is 8.41. The Morgan fingerprint density at radius 2 is 1.00 bits per heavy atom. The molecule has 0 amide bonds. The first-order valence-electron chi connectivity index (χ1n) is 11.4. The maximum Gasteiger partial charge on any atom is 0.0555 e. The molecule has 0 aromatic heterocycles. The van der Waals surface area contributed by atoms with E-state index in [4.69, 9.17) is 0 Å². The van der Waals surface area contributed by atoms with Gasteiger partial charge in [0.15, 0.2) is 0 Å². The molecule has 5 aliphatic heterocycles. The predicted molar refractivity (Wildman–Crippen MR) is 159 cm³/mol. The van der Waals surface area contributed by atoms with E-state index >= 15 is 0 Å². The van der Waals surface area contributed by atoms with Gasteiger partial charge in [-0.1, -0.05) is 113 Å². The second-order valence-electron chi connectivity index (χ2n) is 14.0. The Balaban J connectivity index is 1.91. The maximum atomic E-state index is 4.36. The van der Waals surface area contributed by atoms with Gasteiger partial charge in [0.05, 0.1) is 4.64 Å². The summed E-state index contributed by atoms with van der Waals surface area (Å²) >= 11 is 3.15. The van der Waals surface area contributed by atoms with Crippen LogP contribution in [0.2, 0.25) is 0 Å². The average Bonchev–Trinajstić information content (AvgIpc) is 2.67. The van der Waals surface area contributed by atoms with Crippen LogP contribution < -0.4 is 0 Å². The normalized spacial score (nSPS) is 55.6. The lowest BCUT2D eigenvalue weighted by Crippen LogP contribution is -2.72. The standard InChI is InChI=1S/C23H41IP6/c1-14-15-25-20(16(2,3)4)26-21(17(5,6)7)27-22(26,18(8,9)10)29(20)30(24)23(27,28(21)25)19(11,12)13/h14H,1,15H2,2-13H3. The summed E-state index contributed by atoms with van der Waals surface area (Å²) in [6, 6.07) is 0. The third-order valence-corrected chi connectivity index (χ3v) is 62.3. The highest BCUT2D eigenvalue weighted by Gasteiger charge is 3.12. The van der Waals surface area contributed by atoms with Gasteiger partial charge < -0.3 is 0 Å². The zero-order chi connectivity index (χ0) is 22.9. The lowest BCUT2D eigenvalue weighted by Gasteiger charge is -2.90. The Kier molecular flexibility index (Phi) is 5.05. The van der Waals surface area contributed by atoms with E-state index in [0.717, 1.165) is 18.6 Å². The number of rotatable bonds is 2. The van der Waals surface area contributed by atoms with Crippen molar-refractivity contribution in [2.45, 2.75) is 102 Å². The van der Waals surface area contributed by atoms with Crippen LogP contribution in [0, 0.1) is 21.7 Å². The number of hydrogen-bond acceptors (Lipinski definition) is 0. The van der Waals surface area contributed by atoms with E-state index < -0.39 is 0 Å². The molecule has 30 heavy (non-hydrogen) atoms. The van der Waals surface area contributed by atoms with E-state index in [1.54, 1.807) is 0 Å². The molecule has 5 fully saturated rings. The lowest BCUT2D eigenvalue weighted by atomic mass is 9.97. The molecule has 10 unspecified atom stereocenters. The van der Waals surface area contributed by atoms with E-state index in [2.05, 4.69) is 118 Å². The van der Waals surface area contributed by atoms with Crippen molar-refractivity contribution in [3.8, 4) is 0 Å². The van der Waals surface area contributed by atoms with Gasteiger partial charge in [-0.15, -0.1) is 6.58 Å². The second-order valence-corrected chi connectivity index (χ2v) is 40.8. The van der Waals surface area contributed by atoms with E-state index in [1.807, 2.05) is 0 Å². The molecule has 0 aromatic rings. The highest BCUT2D eigenvalue weighted by Crippen LogP contribution is 3.50. The summed E-state index contributed by atoms with van der Waals surface area (Å²) in [6.45, 7) is 36.5. The zero-order valence-corrected chi connectivity index (χ0v) is 28.6. The van der Waals surface area contributed by atoms with Crippen LogP contribution in [0.3, 0.4) is 0 Å². The van der Waals surface area contributed by atoms with Gasteiger partial charge in [0.1, 0.15) is 0 Å². The quantitative estimate of drug-likeness (QED) is 0.162. The molecule has 0 N–H and O–H groups in total. The lowest BCUT2D eigenvalue weighted by molar-refractivity contribution is 0.323. The van der Waals surface area contributed by atoms with Gasteiger partial charge in [0, 0.05) is 19.2 Å². The van der Waals surface area contributed by atoms with E-state index in [0.29, 0.717) is 21.7 Å². The van der Waals surface area contributed by atoms with E-state index in [9.17, 15) is 0 Å². The highest BCUT2D eigenvalue weighted by atomic mass is 127. The van der Waals surface area contributed by atoms with Crippen LogP contribution in [0.25, 0.3) is 0 Å². The summed E-state index contributed by atoms with van der Waals surface area (Å²) in [6.07, 6.45) is 3.74. The molecule has 5 aliphatic rings. The first-order valence-corrected chi connectivity index (χ1v) is 23.8. The minimum absolute atomic E-state index is 0.0869. The fraction of sp³-hybridized carbons (Fsp3) is 0.913. The molecule has 0 aromatic carbocycles. The molecule has 0 saturated carbocycles. The topological polar surface area (TPSA) is 0 Å². The Labute approximate surface area is 206 Å². The van der Waals surface area contributed by atoms with Crippen molar-refractivity contribution in [3.05, 3.63) is 12.7 Å². The number of allylic oxidation sites excluding steroid dienone is 1. The Hall–Kier alpha value is 3.05. The Bertz CT molecular complexity index is 846. The summed E-state index contributed by atoms with van der Waals surface area (Å²) in [5, 5.41) is 0.115. The molecule has 5 rings (SSSR count). The number of halogens is 1. The Morgan fingerprint density at radius 1 is 0.633 bits per heavy atom. The molecule has 170 valence electrons. The van der Waals surface area contributed by atoms with Gasteiger partial charge in [-0.05, 0) is 65.1 Å². The molecule has 0 nitrogen and oxygen atoms in total. The van der Waals surface area contributed by atoms with Crippen molar-refractivity contribution >= 4 is 66.0 Å². The molecule has 5 heterocycles. The summed E-state index contributed by atoms with van der Waals surface area (Å²) in [7, 11) is 0.560. The summed E-state index contributed by atoms with van der Waals surface area (Å²) < 4.78 is 3.05. The highest BCUT2D eigenvalue weighted by molar-refractivity contribution is 14.2. The van der Waals surface area contributed by atoms with Crippen LogP contribution in [0.4, 0.5) is 0 Å². The predicted octanol–water partition coefficient (Wildman–Crippen LogP) is 12.1. The molecule has 10 atom stereocenters. The largest absolute Gasteiger partial charge is 0.103 e.